The van der Waals surface area contributed by atoms with Crippen molar-refractivity contribution in [3.8, 4) is 0 Å². The molecule has 18 heavy (non-hydrogen) atoms. The molecule has 0 aliphatic carbocycles. The maximum absolute atomic E-state index is 5.43. The molecule has 1 atom stereocenters. The molecule has 2 heterocycles. The number of ether oxygens (including phenoxy) is 1. The van der Waals surface area contributed by atoms with E-state index in [1.807, 2.05) is 0 Å². The molecule has 0 bridgehead atoms. The normalized spacial score (nSPS) is 19.2. The number of hydrogen-bond acceptors (Lipinski definition) is 4. The Bertz CT molecular complexity index is 405. The first-order chi connectivity index (χ1) is 8.76. The summed E-state index contributed by atoms with van der Waals surface area (Å²) >= 11 is 2.34. The van der Waals surface area contributed by atoms with Crippen LogP contribution in [-0.4, -0.2) is 29.7 Å². The van der Waals surface area contributed by atoms with Gasteiger partial charge in [-0.25, -0.2) is 9.97 Å². The van der Waals surface area contributed by atoms with Gasteiger partial charge in [0.2, 0.25) is 0 Å². The SMILES string of the molecule is CCCNc1nc(C2CCOC2)nc(CC)c1I. The van der Waals surface area contributed by atoms with E-state index in [4.69, 9.17) is 14.7 Å². The van der Waals surface area contributed by atoms with E-state index in [1.54, 1.807) is 0 Å². The van der Waals surface area contributed by atoms with Crippen molar-refractivity contribution in [3.63, 3.8) is 0 Å². The summed E-state index contributed by atoms with van der Waals surface area (Å²) in [4.78, 5) is 9.39. The second-order valence-electron chi connectivity index (χ2n) is 4.53. The van der Waals surface area contributed by atoms with Gasteiger partial charge in [0.05, 0.1) is 15.9 Å². The topological polar surface area (TPSA) is 47.0 Å². The predicted octanol–water partition coefficient (Wildman–Crippen LogP) is 2.97. The van der Waals surface area contributed by atoms with Crippen LogP contribution in [-0.2, 0) is 11.2 Å². The minimum absolute atomic E-state index is 0.370. The number of anilines is 1. The van der Waals surface area contributed by atoms with E-state index >= 15 is 0 Å². The highest BCUT2D eigenvalue weighted by Crippen LogP contribution is 2.27. The van der Waals surface area contributed by atoms with E-state index in [2.05, 4.69) is 41.8 Å². The lowest BCUT2D eigenvalue weighted by Gasteiger charge is -2.14. The highest BCUT2D eigenvalue weighted by atomic mass is 127. The molecule has 1 saturated heterocycles. The first-order valence-corrected chi connectivity index (χ1v) is 7.72. The Morgan fingerprint density at radius 2 is 2.22 bits per heavy atom. The van der Waals surface area contributed by atoms with Gasteiger partial charge >= 0.3 is 0 Å². The van der Waals surface area contributed by atoms with Crippen LogP contribution in [0.3, 0.4) is 0 Å². The van der Waals surface area contributed by atoms with Crippen LogP contribution in [0.1, 0.15) is 44.1 Å². The highest BCUT2D eigenvalue weighted by molar-refractivity contribution is 14.1. The van der Waals surface area contributed by atoms with Crippen LogP contribution in [0.4, 0.5) is 5.82 Å². The van der Waals surface area contributed by atoms with Gasteiger partial charge in [0.25, 0.3) is 0 Å². The number of aromatic nitrogens is 2. The molecule has 1 aliphatic rings. The zero-order chi connectivity index (χ0) is 13.0. The molecule has 1 aliphatic heterocycles. The lowest BCUT2D eigenvalue weighted by atomic mass is 10.1. The Kier molecular flexibility index (Phi) is 5.17. The van der Waals surface area contributed by atoms with Gasteiger partial charge < -0.3 is 10.1 Å². The second kappa shape index (κ2) is 6.65. The lowest BCUT2D eigenvalue weighted by Crippen LogP contribution is -2.13. The van der Waals surface area contributed by atoms with Gasteiger partial charge in [0.1, 0.15) is 11.6 Å². The smallest absolute Gasteiger partial charge is 0.143 e. The Labute approximate surface area is 122 Å². The van der Waals surface area contributed by atoms with Crippen molar-refractivity contribution in [1.29, 1.82) is 0 Å². The molecule has 1 aromatic heterocycles. The summed E-state index contributed by atoms with van der Waals surface area (Å²) in [6.07, 6.45) is 3.09. The van der Waals surface area contributed by atoms with Gasteiger partial charge in [-0.15, -0.1) is 0 Å². The van der Waals surface area contributed by atoms with E-state index in [9.17, 15) is 0 Å². The van der Waals surface area contributed by atoms with Crippen molar-refractivity contribution in [3.05, 3.63) is 15.1 Å². The first-order valence-electron chi connectivity index (χ1n) is 6.64. The van der Waals surface area contributed by atoms with Crippen molar-refractivity contribution in [1.82, 2.24) is 9.97 Å². The molecule has 1 unspecified atom stereocenters. The summed E-state index contributed by atoms with van der Waals surface area (Å²) in [6.45, 7) is 6.85. The fourth-order valence-corrected chi connectivity index (χ4v) is 2.84. The first kappa shape index (κ1) is 14.0. The molecule has 4 nitrogen and oxygen atoms in total. The number of aryl methyl sites for hydroxylation is 1. The average Bonchev–Trinajstić information content (AvgIpc) is 2.91. The van der Waals surface area contributed by atoms with Crippen LogP contribution in [0.5, 0.6) is 0 Å². The zero-order valence-electron chi connectivity index (χ0n) is 11.0. The minimum Gasteiger partial charge on any atom is -0.381 e. The Balaban J connectivity index is 2.29. The molecular weight excluding hydrogens is 341 g/mol. The second-order valence-corrected chi connectivity index (χ2v) is 5.61. The van der Waals surface area contributed by atoms with Gasteiger partial charge in [-0.3, -0.25) is 0 Å². The third kappa shape index (κ3) is 3.12. The zero-order valence-corrected chi connectivity index (χ0v) is 13.2. The van der Waals surface area contributed by atoms with Gasteiger partial charge in [-0.05, 0) is 41.9 Å². The van der Waals surface area contributed by atoms with E-state index in [1.165, 1.54) is 0 Å². The number of hydrogen-bond donors (Lipinski definition) is 1. The maximum atomic E-state index is 5.43. The molecule has 1 N–H and O–H groups in total. The fraction of sp³-hybridized carbons (Fsp3) is 0.692. The van der Waals surface area contributed by atoms with E-state index in [0.717, 1.165) is 59.9 Å². The standard InChI is InChI=1S/C13H20IN3O/c1-3-6-15-13-11(14)10(4-2)16-12(17-13)9-5-7-18-8-9/h9H,3-8H2,1-2H3,(H,15,16,17). The summed E-state index contributed by atoms with van der Waals surface area (Å²) in [5.74, 6) is 2.31. The third-order valence-corrected chi connectivity index (χ3v) is 4.24. The van der Waals surface area contributed by atoms with Crippen LogP contribution in [0.25, 0.3) is 0 Å². The summed E-state index contributed by atoms with van der Waals surface area (Å²) < 4.78 is 6.59. The summed E-state index contributed by atoms with van der Waals surface area (Å²) in [5, 5.41) is 3.40. The van der Waals surface area contributed by atoms with Crippen molar-refractivity contribution >= 4 is 28.4 Å². The van der Waals surface area contributed by atoms with Gasteiger partial charge in [0, 0.05) is 19.1 Å². The van der Waals surface area contributed by atoms with E-state index in [0.29, 0.717) is 5.92 Å². The molecule has 0 aromatic carbocycles. The Morgan fingerprint density at radius 3 is 2.83 bits per heavy atom. The van der Waals surface area contributed by atoms with Crippen molar-refractivity contribution in [2.24, 2.45) is 0 Å². The van der Waals surface area contributed by atoms with Crippen LogP contribution < -0.4 is 5.32 Å². The molecule has 1 fully saturated rings. The van der Waals surface area contributed by atoms with Crippen LogP contribution in [0.2, 0.25) is 0 Å². The third-order valence-electron chi connectivity index (χ3n) is 3.11. The molecule has 0 spiro atoms. The number of rotatable bonds is 5. The van der Waals surface area contributed by atoms with Gasteiger partial charge in [-0.1, -0.05) is 13.8 Å². The number of halogens is 1. The Morgan fingerprint density at radius 1 is 1.39 bits per heavy atom. The monoisotopic (exact) mass is 361 g/mol. The average molecular weight is 361 g/mol. The minimum atomic E-state index is 0.370. The van der Waals surface area contributed by atoms with Gasteiger partial charge in [0.15, 0.2) is 0 Å². The largest absolute Gasteiger partial charge is 0.381 e. The lowest BCUT2D eigenvalue weighted by molar-refractivity contribution is 0.193. The highest BCUT2D eigenvalue weighted by Gasteiger charge is 2.22. The fourth-order valence-electron chi connectivity index (χ4n) is 2.03. The maximum Gasteiger partial charge on any atom is 0.143 e. The van der Waals surface area contributed by atoms with Crippen LogP contribution in [0, 0.1) is 3.57 Å². The molecule has 1 aromatic rings. The summed E-state index contributed by atoms with van der Waals surface area (Å²) in [6, 6.07) is 0. The van der Waals surface area contributed by atoms with Crippen molar-refractivity contribution in [2.45, 2.75) is 39.0 Å². The van der Waals surface area contributed by atoms with E-state index in [-0.39, 0.29) is 0 Å². The van der Waals surface area contributed by atoms with Crippen molar-refractivity contribution < 1.29 is 4.74 Å². The molecule has 5 heteroatoms. The Hall–Kier alpha value is -0.430. The summed E-state index contributed by atoms with van der Waals surface area (Å²) in [5.41, 5.74) is 1.14. The quantitative estimate of drug-likeness (QED) is 0.820. The molecule has 0 amide bonds. The summed E-state index contributed by atoms with van der Waals surface area (Å²) in [7, 11) is 0. The molecular formula is C13H20IN3O. The molecule has 100 valence electrons. The van der Waals surface area contributed by atoms with Crippen LogP contribution >= 0.6 is 22.6 Å². The molecule has 0 saturated carbocycles. The van der Waals surface area contributed by atoms with Gasteiger partial charge in [-0.2, -0.15) is 0 Å². The predicted molar refractivity (Wildman–Crippen MR) is 81.1 cm³/mol. The van der Waals surface area contributed by atoms with Crippen molar-refractivity contribution in [2.75, 3.05) is 25.1 Å². The van der Waals surface area contributed by atoms with E-state index < -0.39 is 0 Å². The molecule has 2 rings (SSSR count). The number of nitrogens with zero attached hydrogens (tertiary/aromatic N) is 2. The number of nitrogens with one attached hydrogen (secondary N) is 1. The molecule has 0 radical (unpaired) electrons. The van der Waals surface area contributed by atoms with Crippen LogP contribution in [0.15, 0.2) is 0 Å².